The Morgan fingerprint density at radius 2 is 1.90 bits per heavy atom. The van der Waals surface area contributed by atoms with Crippen LogP contribution in [-0.4, -0.2) is 44.1 Å². The number of rotatable bonds is 6. The van der Waals surface area contributed by atoms with Gasteiger partial charge in [-0.25, -0.2) is 4.39 Å². The first-order valence-corrected chi connectivity index (χ1v) is 10.2. The Hall–Kier alpha value is -3.63. The third-order valence-corrected chi connectivity index (χ3v) is 5.64. The standard InChI is InChI=1S/C24H24FN5O/c1-27-23-12-22(25)24(29-8-6-28-7-9-29)11-20(23)15-30-14-19(10-21(30)16-31)18-4-2-17(13-26)3-5-18/h2-5,10-12,14,16,27-28H,6-9,15H2,1H3. The number of halogens is 1. The molecule has 0 saturated carbocycles. The Labute approximate surface area is 180 Å². The number of aromatic nitrogens is 1. The molecule has 0 unspecified atom stereocenters. The molecule has 2 N–H and O–H groups in total. The third-order valence-electron chi connectivity index (χ3n) is 5.64. The number of nitrogens with zero attached hydrogens (tertiary/aromatic N) is 3. The molecule has 0 aliphatic carbocycles. The minimum atomic E-state index is -0.253. The van der Waals surface area contributed by atoms with Gasteiger partial charge in [-0.3, -0.25) is 4.79 Å². The van der Waals surface area contributed by atoms with Gasteiger partial charge in [0.2, 0.25) is 0 Å². The average Bonchev–Trinajstić information content (AvgIpc) is 3.23. The van der Waals surface area contributed by atoms with Gasteiger partial charge in [0.25, 0.3) is 0 Å². The minimum Gasteiger partial charge on any atom is -0.388 e. The van der Waals surface area contributed by atoms with Gasteiger partial charge >= 0.3 is 0 Å². The van der Waals surface area contributed by atoms with E-state index in [1.807, 2.05) is 39.9 Å². The Morgan fingerprint density at radius 3 is 2.55 bits per heavy atom. The van der Waals surface area contributed by atoms with Crippen LogP contribution in [0, 0.1) is 17.1 Å². The molecule has 2 aromatic carbocycles. The van der Waals surface area contributed by atoms with Gasteiger partial charge < -0.3 is 20.1 Å². The van der Waals surface area contributed by atoms with E-state index in [0.29, 0.717) is 29.2 Å². The van der Waals surface area contributed by atoms with Crippen molar-refractivity contribution in [2.45, 2.75) is 6.54 Å². The zero-order valence-electron chi connectivity index (χ0n) is 17.4. The molecular weight excluding hydrogens is 393 g/mol. The first-order valence-electron chi connectivity index (χ1n) is 10.2. The number of piperazine rings is 1. The smallest absolute Gasteiger partial charge is 0.166 e. The Bertz CT molecular complexity index is 1120. The fraction of sp³-hybridized carbons (Fsp3) is 0.250. The molecular formula is C24H24FN5O. The molecule has 1 fully saturated rings. The highest BCUT2D eigenvalue weighted by Crippen LogP contribution is 2.30. The summed E-state index contributed by atoms with van der Waals surface area (Å²) in [6.45, 7) is 3.58. The van der Waals surface area contributed by atoms with E-state index in [4.69, 9.17) is 5.26 Å². The van der Waals surface area contributed by atoms with Crippen LogP contribution in [-0.2, 0) is 6.54 Å². The number of carbonyl (C=O) groups is 1. The molecule has 2 heterocycles. The number of carbonyl (C=O) groups excluding carboxylic acids is 1. The Kier molecular flexibility index (Phi) is 6.01. The van der Waals surface area contributed by atoms with Gasteiger partial charge in [-0.2, -0.15) is 5.26 Å². The summed E-state index contributed by atoms with van der Waals surface area (Å²) in [7, 11) is 1.77. The van der Waals surface area contributed by atoms with Crippen molar-refractivity contribution in [3.05, 3.63) is 71.3 Å². The van der Waals surface area contributed by atoms with Crippen molar-refractivity contribution in [3.63, 3.8) is 0 Å². The van der Waals surface area contributed by atoms with Crippen molar-refractivity contribution in [2.24, 2.45) is 0 Å². The van der Waals surface area contributed by atoms with Crippen LogP contribution in [0.3, 0.4) is 0 Å². The maximum Gasteiger partial charge on any atom is 0.166 e. The van der Waals surface area contributed by atoms with Gasteiger partial charge in [0.1, 0.15) is 5.82 Å². The lowest BCUT2D eigenvalue weighted by atomic mass is 10.1. The zero-order valence-corrected chi connectivity index (χ0v) is 17.4. The van der Waals surface area contributed by atoms with Crippen molar-refractivity contribution in [3.8, 4) is 17.2 Å². The number of nitrogens with one attached hydrogen (secondary N) is 2. The molecule has 4 rings (SSSR count). The highest BCUT2D eigenvalue weighted by molar-refractivity contribution is 5.78. The molecule has 3 aromatic rings. The van der Waals surface area contributed by atoms with E-state index in [2.05, 4.69) is 16.7 Å². The number of aldehydes is 1. The molecule has 158 valence electrons. The summed E-state index contributed by atoms with van der Waals surface area (Å²) in [5.74, 6) is -0.253. The van der Waals surface area contributed by atoms with E-state index in [-0.39, 0.29) is 5.82 Å². The minimum absolute atomic E-state index is 0.253. The second kappa shape index (κ2) is 9.02. The van der Waals surface area contributed by atoms with Crippen molar-refractivity contribution < 1.29 is 9.18 Å². The molecule has 31 heavy (non-hydrogen) atoms. The second-order valence-corrected chi connectivity index (χ2v) is 7.54. The van der Waals surface area contributed by atoms with Gasteiger partial charge in [-0.05, 0) is 41.5 Å². The van der Waals surface area contributed by atoms with Gasteiger partial charge in [0.15, 0.2) is 6.29 Å². The normalized spacial score (nSPS) is 13.6. The largest absolute Gasteiger partial charge is 0.388 e. The summed E-state index contributed by atoms with van der Waals surface area (Å²) in [5.41, 5.74) is 5.13. The average molecular weight is 417 g/mol. The lowest BCUT2D eigenvalue weighted by Crippen LogP contribution is -2.44. The predicted molar refractivity (Wildman–Crippen MR) is 120 cm³/mol. The van der Waals surface area contributed by atoms with E-state index < -0.39 is 0 Å². The highest BCUT2D eigenvalue weighted by Gasteiger charge is 2.18. The molecule has 0 atom stereocenters. The fourth-order valence-electron chi connectivity index (χ4n) is 3.96. The van der Waals surface area contributed by atoms with E-state index in [9.17, 15) is 9.18 Å². The van der Waals surface area contributed by atoms with Crippen LogP contribution in [0.5, 0.6) is 0 Å². The number of hydrogen-bond acceptors (Lipinski definition) is 5. The summed E-state index contributed by atoms with van der Waals surface area (Å²) in [6, 6.07) is 14.6. The number of hydrogen-bond donors (Lipinski definition) is 2. The maximum absolute atomic E-state index is 14.8. The second-order valence-electron chi connectivity index (χ2n) is 7.54. The molecule has 1 aliphatic rings. The van der Waals surface area contributed by atoms with Crippen molar-refractivity contribution in [1.82, 2.24) is 9.88 Å². The molecule has 6 nitrogen and oxygen atoms in total. The van der Waals surface area contributed by atoms with Crippen LogP contribution in [0.15, 0.2) is 48.7 Å². The first-order chi connectivity index (χ1) is 15.1. The molecule has 0 amide bonds. The van der Waals surface area contributed by atoms with Crippen LogP contribution in [0.25, 0.3) is 11.1 Å². The number of benzene rings is 2. The Morgan fingerprint density at radius 1 is 1.16 bits per heavy atom. The number of nitriles is 1. The van der Waals surface area contributed by atoms with E-state index >= 15 is 0 Å². The quantitative estimate of drug-likeness (QED) is 0.601. The molecule has 7 heteroatoms. The van der Waals surface area contributed by atoms with E-state index in [1.165, 1.54) is 6.07 Å². The summed E-state index contributed by atoms with van der Waals surface area (Å²) >= 11 is 0. The van der Waals surface area contributed by atoms with Gasteiger partial charge in [0, 0.05) is 57.2 Å². The number of anilines is 2. The molecule has 0 radical (unpaired) electrons. The molecule has 1 aliphatic heterocycles. The molecule has 0 bridgehead atoms. The molecule has 1 saturated heterocycles. The monoisotopic (exact) mass is 417 g/mol. The SMILES string of the molecule is CNc1cc(F)c(N2CCNCC2)cc1Cn1cc(-c2ccc(C#N)cc2)cc1C=O. The summed E-state index contributed by atoms with van der Waals surface area (Å²) in [6.07, 6.45) is 2.74. The van der Waals surface area contributed by atoms with Crippen LogP contribution >= 0.6 is 0 Å². The topological polar surface area (TPSA) is 73.1 Å². The van der Waals surface area contributed by atoms with Crippen LogP contribution in [0.4, 0.5) is 15.8 Å². The predicted octanol–water partition coefficient (Wildman–Crippen LogP) is 3.48. The summed E-state index contributed by atoms with van der Waals surface area (Å²) in [5, 5.41) is 15.4. The van der Waals surface area contributed by atoms with Gasteiger partial charge in [-0.15, -0.1) is 0 Å². The lowest BCUT2D eigenvalue weighted by Gasteiger charge is -2.30. The van der Waals surface area contributed by atoms with Crippen LogP contribution in [0.1, 0.15) is 21.6 Å². The van der Waals surface area contributed by atoms with E-state index in [0.717, 1.165) is 49.2 Å². The maximum atomic E-state index is 14.8. The van der Waals surface area contributed by atoms with Gasteiger partial charge in [0.05, 0.1) is 23.0 Å². The Balaban J connectivity index is 1.68. The summed E-state index contributed by atoms with van der Waals surface area (Å²) in [4.78, 5) is 13.8. The lowest BCUT2D eigenvalue weighted by molar-refractivity contribution is 0.111. The van der Waals surface area contributed by atoms with Crippen LogP contribution < -0.4 is 15.5 Å². The van der Waals surface area contributed by atoms with Gasteiger partial charge in [-0.1, -0.05) is 12.1 Å². The molecule has 0 spiro atoms. The highest BCUT2D eigenvalue weighted by atomic mass is 19.1. The summed E-state index contributed by atoms with van der Waals surface area (Å²) < 4.78 is 16.7. The zero-order chi connectivity index (χ0) is 21.8. The fourth-order valence-corrected chi connectivity index (χ4v) is 3.96. The van der Waals surface area contributed by atoms with Crippen molar-refractivity contribution in [2.75, 3.05) is 43.4 Å². The van der Waals surface area contributed by atoms with Crippen molar-refractivity contribution >= 4 is 17.7 Å². The van der Waals surface area contributed by atoms with Crippen LogP contribution in [0.2, 0.25) is 0 Å². The third kappa shape index (κ3) is 4.30. The molecule has 1 aromatic heterocycles. The van der Waals surface area contributed by atoms with E-state index in [1.54, 1.807) is 19.2 Å². The van der Waals surface area contributed by atoms with Crippen molar-refractivity contribution in [1.29, 1.82) is 5.26 Å². The first kappa shape index (κ1) is 20.6.